The quantitative estimate of drug-likeness (QED) is 0.435. The Hall–Kier alpha value is -3.75. The van der Waals surface area contributed by atoms with E-state index in [1.165, 1.54) is 36.4 Å². The molecule has 0 aromatic heterocycles. The van der Waals surface area contributed by atoms with Crippen molar-refractivity contribution in [1.82, 2.24) is 9.21 Å². The van der Waals surface area contributed by atoms with E-state index in [2.05, 4.69) is 0 Å². The van der Waals surface area contributed by atoms with Crippen molar-refractivity contribution in [2.24, 2.45) is 0 Å². The largest absolute Gasteiger partial charge is 0.473 e. The van der Waals surface area contributed by atoms with E-state index in [0.717, 1.165) is 15.3 Å². The molecule has 1 atom stereocenters. The molecule has 0 saturated carbocycles. The van der Waals surface area contributed by atoms with Crippen molar-refractivity contribution in [2.45, 2.75) is 17.4 Å². The Kier molecular flexibility index (Phi) is 8.12. The Morgan fingerprint density at radius 2 is 1.36 bits per heavy atom. The van der Waals surface area contributed by atoms with Crippen LogP contribution >= 0.6 is 0 Å². The van der Waals surface area contributed by atoms with Crippen molar-refractivity contribution in [3.8, 4) is 0 Å². The maximum atomic E-state index is 14.1. The number of sulfonamides is 1. The molecule has 2 aromatic carbocycles. The molecule has 2 amide bonds. The summed E-state index contributed by atoms with van der Waals surface area (Å²) in [6, 6.07) is 9.93. The maximum absolute atomic E-state index is 14.1. The normalized spacial score (nSPS) is 19.1. The third-order valence-corrected chi connectivity index (χ3v) is 7.50. The molecule has 4 rings (SSSR count). The number of para-hydroxylation sites is 1. The molecular formula is C22H21F2N3O8S. The van der Waals surface area contributed by atoms with Gasteiger partial charge in [0.1, 0.15) is 16.5 Å². The molecule has 2 fully saturated rings. The number of hydrogen-bond acceptors (Lipinski definition) is 7. The van der Waals surface area contributed by atoms with Crippen LogP contribution in [-0.4, -0.2) is 83.8 Å². The smallest absolute Gasteiger partial charge is 0.414 e. The second-order valence-corrected chi connectivity index (χ2v) is 9.63. The van der Waals surface area contributed by atoms with E-state index in [-0.39, 0.29) is 38.3 Å². The fraction of sp³-hybridized carbons (Fsp3) is 0.273. The summed E-state index contributed by atoms with van der Waals surface area (Å²) >= 11 is 0. The Balaban J connectivity index is 0.000000538. The minimum absolute atomic E-state index is 0.0499. The van der Waals surface area contributed by atoms with Gasteiger partial charge in [-0.15, -0.1) is 0 Å². The summed E-state index contributed by atoms with van der Waals surface area (Å²) in [6.07, 6.45) is -0.104. The lowest BCUT2D eigenvalue weighted by Crippen LogP contribution is -2.53. The number of rotatable bonds is 4. The van der Waals surface area contributed by atoms with Crippen LogP contribution in [0.4, 0.5) is 14.5 Å². The molecule has 0 radical (unpaired) electrons. The second-order valence-electron chi connectivity index (χ2n) is 7.72. The van der Waals surface area contributed by atoms with Crippen LogP contribution in [0.2, 0.25) is 0 Å². The highest BCUT2D eigenvalue weighted by atomic mass is 32.2. The number of halogens is 2. The van der Waals surface area contributed by atoms with Crippen LogP contribution in [0.15, 0.2) is 53.4 Å². The lowest BCUT2D eigenvalue weighted by Gasteiger charge is -2.36. The minimum atomic E-state index is -4.00. The summed E-state index contributed by atoms with van der Waals surface area (Å²) in [5.41, 5.74) is -0.0873. The maximum Gasteiger partial charge on any atom is 0.414 e. The third kappa shape index (κ3) is 5.56. The number of carbonyl (C=O) groups is 4. The molecule has 2 aliphatic heterocycles. The molecule has 2 aromatic rings. The average Bonchev–Trinajstić information content (AvgIpc) is 3.13. The van der Waals surface area contributed by atoms with Gasteiger partial charge in [-0.25, -0.2) is 31.7 Å². The second kappa shape index (κ2) is 10.9. The van der Waals surface area contributed by atoms with Gasteiger partial charge in [0.05, 0.1) is 18.2 Å². The van der Waals surface area contributed by atoms with E-state index in [1.807, 2.05) is 0 Å². The van der Waals surface area contributed by atoms with Gasteiger partial charge in [-0.3, -0.25) is 14.5 Å². The van der Waals surface area contributed by atoms with Crippen LogP contribution in [0.5, 0.6) is 0 Å². The van der Waals surface area contributed by atoms with Gasteiger partial charge in [-0.1, -0.05) is 24.3 Å². The van der Waals surface area contributed by atoms with Crippen molar-refractivity contribution >= 4 is 39.5 Å². The first kappa shape index (κ1) is 26.8. The standard InChI is InChI=1S/C20H19F2N3O4S.C2H2O4/c21-14-5-1-3-7-16(14)25-19(26)13-17(20(25)27)23-9-11-24(12-10-23)30(28,29)18-8-4-2-6-15(18)22;3-1(4)2(5)6/h1-8,17H,9-13H2;(H,3,4)(H,5,6). The van der Waals surface area contributed by atoms with Gasteiger partial charge in [0.15, 0.2) is 0 Å². The summed E-state index contributed by atoms with van der Waals surface area (Å²) < 4.78 is 54.6. The van der Waals surface area contributed by atoms with Crippen molar-refractivity contribution in [3.05, 3.63) is 60.2 Å². The molecule has 0 spiro atoms. The number of anilines is 1. The predicted molar refractivity (Wildman–Crippen MR) is 119 cm³/mol. The van der Waals surface area contributed by atoms with E-state index in [1.54, 1.807) is 11.0 Å². The molecule has 2 N–H and O–H groups in total. The monoisotopic (exact) mass is 525 g/mol. The first-order valence-electron chi connectivity index (χ1n) is 10.5. The molecule has 192 valence electrons. The van der Waals surface area contributed by atoms with Gasteiger partial charge in [-0.2, -0.15) is 4.31 Å². The Bertz CT molecular complexity index is 1280. The zero-order valence-corrected chi connectivity index (χ0v) is 19.4. The zero-order valence-electron chi connectivity index (χ0n) is 18.6. The molecule has 0 aliphatic carbocycles. The number of nitrogens with zero attached hydrogens (tertiary/aromatic N) is 3. The molecule has 2 heterocycles. The lowest BCUT2D eigenvalue weighted by molar-refractivity contribution is -0.159. The summed E-state index contributed by atoms with van der Waals surface area (Å²) in [5.74, 6) is -6.17. The number of aliphatic carboxylic acids is 2. The van der Waals surface area contributed by atoms with Crippen LogP contribution in [0.25, 0.3) is 0 Å². The van der Waals surface area contributed by atoms with E-state index < -0.39 is 56.3 Å². The molecule has 0 bridgehead atoms. The Morgan fingerprint density at radius 1 is 0.833 bits per heavy atom. The SMILES string of the molecule is O=C(O)C(=O)O.O=C1CC(N2CCN(S(=O)(=O)c3ccccc3F)CC2)C(=O)N1c1ccccc1F. The number of carboxylic acids is 2. The number of carbonyl (C=O) groups excluding carboxylic acids is 2. The van der Waals surface area contributed by atoms with E-state index >= 15 is 0 Å². The fourth-order valence-electron chi connectivity index (χ4n) is 3.84. The van der Waals surface area contributed by atoms with E-state index in [0.29, 0.717) is 0 Å². The lowest BCUT2D eigenvalue weighted by atomic mass is 10.2. The molecule has 2 aliphatic rings. The van der Waals surface area contributed by atoms with Gasteiger partial charge in [0.25, 0.3) is 5.91 Å². The zero-order chi connectivity index (χ0) is 26.6. The van der Waals surface area contributed by atoms with Gasteiger partial charge >= 0.3 is 11.9 Å². The van der Waals surface area contributed by atoms with Crippen LogP contribution < -0.4 is 4.90 Å². The van der Waals surface area contributed by atoms with Crippen molar-refractivity contribution in [3.63, 3.8) is 0 Å². The van der Waals surface area contributed by atoms with Crippen molar-refractivity contribution in [2.75, 3.05) is 31.1 Å². The van der Waals surface area contributed by atoms with E-state index in [4.69, 9.17) is 19.8 Å². The van der Waals surface area contributed by atoms with Crippen molar-refractivity contribution in [1.29, 1.82) is 0 Å². The molecule has 36 heavy (non-hydrogen) atoms. The summed E-state index contributed by atoms with van der Waals surface area (Å²) in [5, 5.41) is 14.8. The summed E-state index contributed by atoms with van der Waals surface area (Å²) in [6.45, 7) is 0.494. The number of carboxylic acid groups (broad SMARTS) is 2. The van der Waals surface area contributed by atoms with Crippen LogP contribution in [0.3, 0.4) is 0 Å². The number of amides is 2. The molecule has 11 nitrogen and oxygen atoms in total. The Labute approximate surface area is 204 Å². The number of hydrogen-bond donors (Lipinski definition) is 2. The fourth-order valence-corrected chi connectivity index (χ4v) is 5.32. The topological polar surface area (TPSA) is 153 Å². The minimum Gasteiger partial charge on any atom is -0.473 e. The predicted octanol–water partition coefficient (Wildman–Crippen LogP) is 0.759. The van der Waals surface area contributed by atoms with Gasteiger partial charge in [-0.05, 0) is 24.3 Å². The number of imide groups is 1. The molecule has 14 heteroatoms. The highest BCUT2D eigenvalue weighted by molar-refractivity contribution is 7.89. The first-order chi connectivity index (χ1) is 16.9. The number of piperazine rings is 1. The third-order valence-electron chi connectivity index (χ3n) is 5.57. The summed E-state index contributed by atoms with van der Waals surface area (Å²) in [4.78, 5) is 45.6. The van der Waals surface area contributed by atoms with Gasteiger partial charge in [0.2, 0.25) is 15.9 Å². The van der Waals surface area contributed by atoms with E-state index in [9.17, 15) is 26.8 Å². The Morgan fingerprint density at radius 3 is 1.89 bits per heavy atom. The highest BCUT2D eigenvalue weighted by Gasteiger charge is 2.45. The van der Waals surface area contributed by atoms with Crippen molar-refractivity contribution < 1.29 is 46.6 Å². The van der Waals surface area contributed by atoms with Gasteiger partial charge < -0.3 is 10.2 Å². The number of benzene rings is 2. The average molecular weight is 525 g/mol. The molecule has 2 saturated heterocycles. The summed E-state index contributed by atoms with van der Waals surface area (Å²) in [7, 11) is -4.00. The van der Waals surface area contributed by atoms with Crippen LogP contribution in [0, 0.1) is 11.6 Å². The molecule has 1 unspecified atom stereocenters. The van der Waals surface area contributed by atoms with Gasteiger partial charge in [0, 0.05) is 26.2 Å². The van der Waals surface area contributed by atoms with Crippen LogP contribution in [-0.2, 0) is 29.2 Å². The molecular weight excluding hydrogens is 504 g/mol. The first-order valence-corrected chi connectivity index (χ1v) is 12.0. The highest BCUT2D eigenvalue weighted by Crippen LogP contribution is 2.29. The van der Waals surface area contributed by atoms with Crippen LogP contribution in [0.1, 0.15) is 6.42 Å².